The largest absolute Gasteiger partial charge is 0.488 e. The van der Waals surface area contributed by atoms with Crippen LogP contribution < -0.4 is 15.8 Å². The second-order valence-electron chi connectivity index (χ2n) is 4.07. The molecule has 1 saturated heterocycles. The van der Waals surface area contributed by atoms with E-state index in [2.05, 4.69) is 5.32 Å². The van der Waals surface area contributed by atoms with Crippen LogP contribution in [0.2, 0.25) is 0 Å². The van der Waals surface area contributed by atoms with Crippen LogP contribution in [0.5, 0.6) is 5.75 Å². The number of rotatable bonds is 2. The van der Waals surface area contributed by atoms with Gasteiger partial charge in [-0.1, -0.05) is 0 Å². The minimum atomic E-state index is -0.587. The number of hydrogen-bond acceptors (Lipinski definition) is 4. The van der Waals surface area contributed by atoms with E-state index in [1.807, 2.05) is 6.07 Å². The Morgan fingerprint density at radius 1 is 1.53 bits per heavy atom. The molecule has 0 spiro atoms. The lowest BCUT2D eigenvalue weighted by Crippen LogP contribution is -2.37. The van der Waals surface area contributed by atoms with Gasteiger partial charge >= 0.3 is 0 Å². The van der Waals surface area contributed by atoms with Crippen molar-refractivity contribution < 1.29 is 9.13 Å². The molecule has 0 bridgehead atoms. The first-order chi connectivity index (χ1) is 8.20. The first kappa shape index (κ1) is 11.7. The number of anilines is 1. The lowest BCUT2D eigenvalue weighted by atomic mass is 10.1. The molecular formula is C12H14FN3O. The molecule has 0 amide bonds. The molecule has 1 aliphatic heterocycles. The van der Waals surface area contributed by atoms with Crippen LogP contribution in [0.4, 0.5) is 10.1 Å². The summed E-state index contributed by atoms with van der Waals surface area (Å²) in [7, 11) is 0. The highest BCUT2D eigenvalue weighted by Crippen LogP contribution is 2.26. The topological polar surface area (TPSA) is 71.1 Å². The van der Waals surface area contributed by atoms with Gasteiger partial charge < -0.3 is 15.8 Å². The van der Waals surface area contributed by atoms with Gasteiger partial charge in [0.2, 0.25) is 0 Å². The molecule has 4 nitrogen and oxygen atoms in total. The van der Waals surface area contributed by atoms with Crippen LogP contribution >= 0.6 is 0 Å². The third kappa shape index (κ3) is 2.66. The van der Waals surface area contributed by atoms with Crippen LogP contribution in [0.15, 0.2) is 12.1 Å². The van der Waals surface area contributed by atoms with E-state index in [4.69, 9.17) is 15.7 Å². The summed E-state index contributed by atoms with van der Waals surface area (Å²) in [5, 5.41) is 12.1. The van der Waals surface area contributed by atoms with E-state index < -0.39 is 5.82 Å². The molecule has 0 saturated carbocycles. The SMILES string of the molecule is N#Cc1cc(F)c(N)cc1OC1CCCNC1. The standard InChI is InChI=1S/C12H14FN3O/c13-10-4-8(6-14)12(5-11(10)15)17-9-2-1-3-16-7-9/h4-5,9,16H,1-3,7,15H2. The van der Waals surface area contributed by atoms with Crippen molar-refractivity contribution in [3.8, 4) is 11.8 Å². The molecule has 1 aliphatic rings. The third-order valence-electron chi connectivity index (χ3n) is 2.76. The molecule has 1 atom stereocenters. The Balaban J connectivity index is 2.19. The molecule has 1 unspecified atom stereocenters. The number of ether oxygens (including phenoxy) is 1. The van der Waals surface area contributed by atoms with Crippen molar-refractivity contribution in [1.82, 2.24) is 5.32 Å². The maximum atomic E-state index is 13.2. The molecule has 5 heteroatoms. The number of nitrogens with two attached hydrogens (primary N) is 1. The first-order valence-electron chi connectivity index (χ1n) is 5.57. The number of nitriles is 1. The second-order valence-corrected chi connectivity index (χ2v) is 4.07. The molecule has 0 aliphatic carbocycles. The van der Waals surface area contributed by atoms with Crippen molar-refractivity contribution in [1.29, 1.82) is 5.26 Å². The Bertz CT molecular complexity index is 450. The van der Waals surface area contributed by atoms with Gasteiger partial charge in [-0.25, -0.2) is 4.39 Å². The van der Waals surface area contributed by atoms with Gasteiger partial charge in [0.25, 0.3) is 0 Å². The molecule has 17 heavy (non-hydrogen) atoms. The van der Waals surface area contributed by atoms with E-state index in [1.54, 1.807) is 0 Å². The molecule has 3 N–H and O–H groups in total. The number of halogens is 1. The summed E-state index contributed by atoms with van der Waals surface area (Å²) in [5.41, 5.74) is 5.65. The van der Waals surface area contributed by atoms with Crippen molar-refractivity contribution in [2.24, 2.45) is 0 Å². The first-order valence-corrected chi connectivity index (χ1v) is 5.57. The van der Waals surface area contributed by atoms with Crippen LogP contribution in [0.3, 0.4) is 0 Å². The summed E-state index contributed by atoms with van der Waals surface area (Å²) >= 11 is 0. The molecule has 90 valence electrons. The Hall–Kier alpha value is -1.80. The van der Waals surface area contributed by atoms with Crippen molar-refractivity contribution in [2.75, 3.05) is 18.8 Å². The van der Waals surface area contributed by atoms with Crippen molar-refractivity contribution >= 4 is 5.69 Å². The maximum absolute atomic E-state index is 13.2. The van der Waals surface area contributed by atoms with E-state index in [0.29, 0.717) is 5.75 Å². The fraction of sp³-hybridized carbons (Fsp3) is 0.417. The fourth-order valence-electron chi connectivity index (χ4n) is 1.85. The van der Waals surface area contributed by atoms with Crippen LogP contribution in [0.25, 0.3) is 0 Å². The van der Waals surface area contributed by atoms with Gasteiger partial charge in [-0.3, -0.25) is 0 Å². The van der Waals surface area contributed by atoms with E-state index >= 15 is 0 Å². The van der Waals surface area contributed by atoms with Gasteiger partial charge in [-0.15, -0.1) is 0 Å². The highest BCUT2D eigenvalue weighted by Gasteiger charge is 2.17. The van der Waals surface area contributed by atoms with Gasteiger partial charge in [0.1, 0.15) is 23.7 Å². The summed E-state index contributed by atoms with van der Waals surface area (Å²) in [6.07, 6.45) is 1.97. The monoisotopic (exact) mass is 235 g/mol. The van der Waals surface area contributed by atoms with Gasteiger partial charge in [0, 0.05) is 12.6 Å². The third-order valence-corrected chi connectivity index (χ3v) is 2.76. The summed E-state index contributed by atoms with van der Waals surface area (Å²) in [5.74, 6) is -0.226. The highest BCUT2D eigenvalue weighted by atomic mass is 19.1. The Morgan fingerprint density at radius 3 is 3.00 bits per heavy atom. The number of benzene rings is 1. The van der Waals surface area contributed by atoms with E-state index in [-0.39, 0.29) is 17.4 Å². The summed E-state index contributed by atoms with van der Waals surface area (Å²) < 4.78 is 18.9. The summed E-state index contributed by atoms with van der Waals surface area (Å²) in [6.45, 7) is 1.72. The minimum absolute atomic E-state index is 0.00256. The van der Waals surface area contributed by atoms with Crippen LogP contribution in [-0.2, 0) is 0 Å². The van der Waals surface area contributed by atoms with Crippen molar-refractivity contribution in [3.05, 3.63) is 23.5 Å². The van der Waals surface area contributed by atoms with E-state index in [0.717, 1.165) is 32.0 Å². The van der Waals surface area contributed by atoms with Crippen LogP contribution in [-0.4, -0.2) is 19.2 Å². The number of nitrogen functional groups attached to an aromatic ring is 1. The van der Waals surface area contributed by atoms with Crippen LogP contribution in [0.1, 0.15) is 18.4 Å². The molecular weight excluding hydrogens is 221 g/mol. The van der Waals surface area contributed by atoms with Gasteiger partial charge in [-0.2, -0.15) is 5.26 Å². The number of hydrogen-bond donors (Lipinski definition) is 2. The number of nitrogens with zero attached hydrogens (tertiary/aromatic N) is 1. The molecule has 1 fully saturated rings. The minimum Gasteiger partial charge on any atom is -0.488 e. The average molecular weight is 235 g/mol. The van der Waals surface area contributed by atoms with Crippen molar-refractivity contribution in [2.45, 2.75) is 18.9 Å². The Morgan fingerprint density at radius 2 is 2.35 bits per heavy atom. The molecule has 1 aromatic carbocycles. The summed E-state index contributed by atoms with van der Waals surface area (Å²) in [4.78, 5) is 0. The Labute approximate surface area is 99.2 Å². The number of piperidine rings is 1. The van der Waals surface area contributed by atoms with Gasteiger partial charge in [-0.05, 0) is 25.5 Å². The zero-order valence-electron chi connectivity index (χ0n) is 9.37. The molecule has 0 aromatic heterocycles. The normalized spacial score (nSPS) is 19.6. The van der Waals surface area contributed by atoms with Gasteiger partial charge in [0.05, 0.1) is 11.3 Å². The quantitative estimate of drug-likeness (QED) is 0.760. The zero-order valence-corrected chi connectivity index (χ0v) is 9.37. The predicted octanol–water partition coefficient (Wildman–Crippen LogP) is 1.41. The van der Waals surface area contributed by atoms with Crippen LogP contribution in [0, 0.1) is 17.1 Å². The van der Waals surface area contributed by atoms with E-state index in [1.165, 1.54) is 6.07 Å². The predicted molar refractivity (Wildman–Crippen MR) is 62.0 cm³/mol. The van der Waals surface area contributed by atoms with Crippen molar-refractivity contribution in [3.63, 3.8) is 0 Å². The summed E-state index contributed by atoms with van der Waals surface area (Å²) in [6, 6.07) is 4.40. The highest BCUT2D eigenvalue weighted by molar-refractivity contribution is 5.54. The maximum Gasteiger partial charge on any atom is 0.147 e. The molecule has 0 radical (unpaired) electrons. The smallest absolute Gasteiger partial charge is 0.147 e. The zero-order chi connectivity index (χ0) is 12.3. The average Bonchev–Trinajstić information content (AvgIpc) is 2.35. The Kier molecular flexibility index (Phi) is 3.45. The molecule has 2 rings (SSSR count). The van der Waals surface area contributed by atoms with E-state index in [9.17, 15) is 4.39 Å². The number of nitrogens with one attached hydrogen (secondary N) is 1. The lowest BCUT2D eigenvalue weighted by molar-refractivity contribution is 0.166. The lowest BCUT2D eigenvalue weighted by Gasteiger charge is -2.24. The second kappa shape index (κ2) is 5.02. The fourth-order valence-corrected chi connectivity index (χ4v) is 1.85. The van der Waals surface area contributed by atoms with Gasteiger partial charge in [0.15, 0.2) is 0 Å². The molecule has 1 heterocycles. The molecule has 1 aromatic rings.